The van der Waals surface area contributed by atoms with Crippen molar-refractivity contribution in [3.05, 3.63) is 60.1 Å². The molecule has 0 saturated heterocycles. The molecule has 4 aromatic heterocycles. The lowest BCUT2D eigenvalue weighted by molar-refractivity contribution is -0.117. The number of nitrogens with one attached hydrogen (secondary N) is 1. The maximum atomic E-state index is 13.6. The van der Waals surface area contributed by atoms with Crippen LogP contribution < -0.4 is 5.32 Å². The topological polar surface area (TPSA) is 130 Å². The van der Waals surface area contributed by atoms with Crippen LogP contribution in [-0.2, 0) is 21.3 Å². The molecule has 0 bridgehead atoms. The number of rotatable bonds is 10. The van der Waals surface area contributed by atoms with Gasteiger partial charge < -0.3 is 14.3 Å². The molecule has 11 nitrogen and oxygen atoms in total. The minimum Gasteiger partial charge on any atom is -0.414 e. The maximum Gasteiger partial charge on any atom is 0.247 e. The zero-order valence-corrected chi connectivity index (χ0v) is 26.4. The van der Waals surface area contributed by atoms with E-state index < -0.39 is 13.9 Å². The molecule has 41 heavy (non-hydrogen) atoms. The summed E-state index contributed by atoms with van der Waals surface area (Å²) < 4.78 is 10.0. The molecule has 0 unspecified atom stereocenters. The highest BCUT2D eigenvalue weighted by Crippen LogP contribution is 2.38. The minimum absolute atomic E-state index is 0.0104. The van der Waals surface area contributed by atoms with E-state index in [4.69, 9.17) is 4.43 Å². The van der Waals surface area contributed by atoms with E-state index in [2.05, 4.69) is 78.3 Å². The summed E-state index contributed by atoms with van der Waals surface area (Å²) in [5.74, 6) is 0.0595. The van der Waals surface area contributed by atoms with E-state index in [1.165, 1.54) is 17.2 Å². The monoisotopic (exact) mass is 576 g/mol. The molecule has 0 aliphatic carbocycles. The van der Waals surface area contributed by atoms with Crippen molar-refractivity contribution in [1.29, 1.82) is 0 Å². The van der Waals surface area contributed by atoms with Gasteiger partial charge in [0.1, 0.15) is 24.3 Å². The lowest BCUT2D eigenvalue weighted by atomic mass is 10.1. The molecule has 0 aromatic carbocycles. The van der Waals surface area contributed by atoms with Crippen LogP contribution in [0.5, 0.6) is 0 Å². The van der Waals surface area contributed by atoms with Gasteiger partial charge in [0.05, 0.1) is 23.4 Å². The molecule has 1 amide bonds. The van der Waals surface area contributed by atoms with Crippen LogP contribution in [0.1, 0.15) is 76.0 Å². The predicted molar refractivity (Wildman–Crippen MR) is 160 cm³/mol. The molecule has 0 spiro atoms. The average Bonchev–Trinajstić information content (AvgIpc) is 3.53. The first kappa shape index (κ1) is 30.2. The molecule has 0 saturated carbocycles. The van der Waals surface area contributed by atoms with Crippen molar-refractivity contribution in [3.8, 4) is 0 Å². The first-order valence-electron chi connectivity index (χ1n) is 13.8. The third-order valence-electron chi connectivity index (χ3n) is 7.70. The number of ketones is 1. The van der Waals surface area contributed by atoms with Crippen molar-refractivity contribution in [1.82, 2.24) is 34.5 Å². The number of fused-ring (bicyclic) bond motifs is 1. The Morgan fingerprint density at radius 1 is 1.05 bits per heavy atom. The molecule has 1 N–H and O–H groups in total. The minimum atomic E-state index is -1.98. The highest BCUT2D eigenvalue weighted by atomic mass is 28.4. The molecule has 0 radical (unpaired) electrons. The Bertz CT molecular complexity index is 1550. The van der Waals surface area contributed by atoms with Crippen LogP contribution in [0.2, 0.25) is 18.1 Å². The third-order valence-corrected chi connectivity index (χ3v) is 12.2. The molecule has 218 valence electrons. The molecule has 12 heteroatoms. The van der Waals surface area contributed by atoms with Crippen molar-refractivity contribution >= 4 is 36.9 Å². The molecule has 0 atom stereocenters. The molecule has 4 rings (SSSR count). The first-order chi connectivity index (χ1) is 19.1. The van der Waals surface area contributed by atoms with Gasteiger partial charge in [0.2, 0.25) is 5.91 Å². The van der Waals surface area contributed by atoms with Gasteiger partial charge in [-0.1, -0.05) is 39.8 Å². The van der Waals surface area contributed by atoms with Crippen LogP contribution in [0.4, 0.5) is 5.82 Å². The van der Waals surface area contributed by atoms with Gasteiger partial charge in [0.15, 0.2) is 14.1 Å². The van der Waals surface area contributed by atoms with Gasteiger partial charge in [-0.2, -0.15) is 0 Å². The Morgan fingerprint density at radius 2 is 1.78 bits per heavy atom. The van der Waals surface area contributed by atoms with Gasteiger partial charge in [0.25, 0.3) is 0 Å². The van der Waals surface area contributed by atoms with Crippen LogP contribution >= 0.6 is 0 Å². The largest absolute Gasteiger partial charge is 0.414 e. The predicted octanol–water partition coefficient (Wildman–Crippen LogP) is 5.17. The number of anilines is 1. The lowest BCUT2D eigenvalue weighted by Crippen LogP contribution is -2.45. The fourth-order valence-electron chi connectivity index (χ4n) is 3.99. The molecule has 4 aromatic rings. The summed E-state index contributed by atoms with van der Waals surface area (Å²) in [6.45, 7) is 19.8. The van der Waals surface area contributed by atoms with Crippen molar-refractivity contribution in [3.63, 3.8) is 0 Å². The quantitative estimate of drug-likeness (QED) is 0.202. The molecular weight excluding hydrogens is 536 g/mol. The van der Waals surface area contributed by atoms with Gasteiger partial charge in [-0.3, -0.25) is 9.59 Å². The molecule has 4 heterocycles. The molecule has 0 fully saturated rings. The number of amides is 1. The van der Waals surface area contributed by atoms with Crippen LogP contribution in [0, 0.1) is 0 Å². The van der Waals surface area contributed by atoms with Crippen LogP contribution in [0.15, 0.2) is 43.2 Å². The molecule has 0 aliphatic heterocycles. The molecule has 0 aliphatic rings. The SMILES string of the molecule is CC(C)c1cn(CC(=O)Nc2ccc(C(=O)c3cn(C(C)(C)CO[Si](C)(C)C(C)(C)C)c4ncncc34)cn2)nn1. The molecular formula is C29H40N8O3Si. The Morgan fingerprint density at radius 3 is 2.39 bits per heavy atom. The summed E-state index contributed by atoms with van der Waals surface area (Å²) >= 11 is 0. The van der Waals surface area contributed by atoms with Gasteiger partial charge in [0, 0.05) is 35.7 Å². The zero-order chi connectivity index (χ0) is 30.2. The Kier molecular flexibility index (Phi) is 8.28. The summed E-state index contributed by atoms with van der Waals surface area (Å²) in [5, 5.41) is 11.5. The van der Waals surface area contributed by atoms with Crippen molar-refractivity contribution in [2.24, 2.45) is 0 Å². The number of hydrogen-bond acceptors (Lipinski definition) is 8. The zero-order valence-electron chi connectivity index (χ0n) is 25.4. The van der Waals surface area contributed by atoms with Crippen molar-refractivity contribution < 1.29 is 14.0 Å². The maximum absolute atomic E-state index is 13.6. The second-order valence-electron chi connectivity index (χ2n) is 12.8. The average molecular weight is 577 g/mol. The van der Waals surface area contributed by atoms with E-state index in [-0.39, 0.29) is 29.2 Å². The third kappa shape index (κ3) is 6.59. The van der Waals surface area contributed by atoms with Crippen molar-refractivity contribution in [2.75, 3.05) is 11.9 Å². The summed E-state index contributed by atoms with van der Waals surface area (Å²) in [7, 11) is -1.98. The van der Waals surface area contributed by atoms with E-state index in [1.807, 2.05) is 24.6 Å². The number of carbonyl (C=O) groups excluding carboxylic acids is 2. The van der Waals surface area contributed by atoms with E-state index in [0.717, 1.165) is 5.69 Å². The summed E-state index contributed by atoms with van der Waals surface area (Å²) in [6, 6.07) is 3.26. The summed E-state index contributed by atoms with van der Waals surface area (Å²) in [6.07, 6.45) is 8.19. The number of carbonyl (C=O) groups is 2. The highest BCUT2D eigenvalue weighted by molar-refractivity contribution is 6.74. The smallest absolute Gasteiger partial charge is 0.247 e. The van der Waals surface area contributed by atoms with Gasteiger partial charge in [-0.25, -0.2) is 19.6 Å². The van der Waals surface area contributed by atoms with E-state index in [9.17, 15) is 9.59 Å². The number of pyridine rings is 1. The normalized spacial score (nSPS) is 12.7. The summed E-state index contributed by atoms with van der Waals surface area (Å²) in [5.41, 5.74) is 1.88. The van der Waals surface area contributed by atoms with E-state index in [0.29, 0.717) is 34.6 Å². The van der Waals surface area contributed by atoms with Crippen LogP contribution in [-0.4, -0.2) is 61.1 Å². The van der Waals surface area contributed by atoms with Crippen molar-refractivity contribution in [2.45, 2.75) is 84.6 Å². The second kappa shape index (κ2) is 11.2. The Balaban J connectivity index is 1.52. The Labute approximate surface area is 241 Å². The van der Waals surface area contributed by atoms with Gasteiger partial charge in [-0.05, 0) is 50.0 Å². The van der Waals surface area contributed by atoms with Crippen LogP contribution in [0.3, 0.4) is 0 Å². The first-order valence-corrected chi connectivity index (χ1v) is 16.7. The van der Waals surface area contributed by atoms with Gasteiger partial charge in [-0.15, -0.1) is 5.10 Å². The highest BCUT2D eigenvalue weighted by Gasteiger charge is 2.39. The van der Waals surface area contributed by atoms with E-state index in [1.54, 1.807) is 24.5 Å². The number of aromatic nitrogens is 7. The number of nitrogens with zero attached hydrogens (tertiary/aromatic N) is 7. The summed E-state index contributed by atoms with van der Waals surface area (Å²) in [4.78, 5) is 39.1. The fraction of sp³-hybridized carbons (Fsp3) is 0.483. The second-order valence-corrected chi connectivity index (χ2v) is 17.6. The fourth-order valence-corrected chi connectivity index (χ4v) is 5.14. The van der Waals surface area contributed by atoms with Crippen LogP contribution in [0.25, 0.3) is 11.0 Å². The number of hydrogen-bond donors (Lipinski definition) is 1. The standard InChI is InChI=1S/C29H40N8O3Si/c1-19(2)23-15-36(35-34-23)16-25(38)33-24-11-10-20(12-31-24)26(39)22-14-37(27-21(22)13-30-18-32-27)29(6,7)17-40-41(8,9)28(3,4)5/h10-15,18-19H,16-17H2,1-9H3,(H,31,33,38). The van der Waals surface area contributed by atoms with E-state index >= 15 is 0 Å². The van der Waals surface area contributed by atoms with Gasteiger partial charge >= 0.3 is 0 Å². The Hall–Kier alpha value is -3.77. The lowest BCUT2D eigenvalue weighted by Gasteiger charge is -2.39.